The summed E-state index contributed by atoms with van der Waals surface area (Å²) in [6.45, 7) is 7.48. The van der Waals surface area contributed by atoms with Crippen LogP contribution in [0.4, 0.5) is 4.39 Å². The second kappa shape index (κ2) is 3.85. The van der Waals surface area contributed by atoms with E-state index in [1.807, 2.05) is 20.1 Å². The molecular formula is C10H15FN2S. The second-order valence-electron chi connectivity index (χ2n) is 3.76. The molecule has 0 aliphatic rings. The van der Waals surface area contributed by atoms with Crippen LogP contribution < -0.4 is 0 Å². The van der Waals surface area contributed by atoms with Crippen LogP contribution in [0.15, 0.2) is 0 Å². The molecule has 78 valence electrons. The molecule has 0 radical (unpaired) electrons. The maximum atomic E-state index is 13.3. The Morgan fingerprint density at radius 2 is 1.79 bits per heavy atom. The molecular weight excluding hydrogens is 199 g/mol. The monoisotopic (exact) mass is 214 g/mol. The van der Waals surface area contributed by atoms with Crippen LogP contribution in [0.3, 0.4) is 0 Å². The fourth-order valence-corrected chi connectivity index (χ4v) is 1.23. The predicted octanol–water partition coefficient (Wildman–Crippen LogP) is 2.83. The van der Waals surface area contributed by atoms with Crippen LogP contribution in [0.25, 0.3) is 0 Å². The van der Waals surface area contributed by atoms with E-state index in [2.05, 4.69) is 9.97 Å². The summed E-state index contributed by atoms with van der Waals surface area (Å²) in [5, 5.41) is 0. The van der Waals surface area contributed by atoms with Gasteiger partial charge < -0.3 is 0 Å². The summed E-state index contributed by atoms with van der Waals surface area (Å²) in [6, 6.07) is 0. The lowest BCUT2D eigenvalue weighted by molar-refractivity contribution is 0.542. The van der Waals surface area contributed by atoms with Crippen LogP contribution in [0.5, 0.6) is 0 Å². The fraction of sp³-hybridized carbons (Fsp3) is 0.600. The first-order chi connectivity index (χ1) is 6.38. The van der Waals surface area contributed by atoms with Crippen LogP contribution in [0, 0.1) is 19.8 Å². The van der Waals surface area contributed by atoms with Crippen LogP contribution in [0.1, 0.15) is 30.9 Å². The minimum atomic E-state index is -0.408. The molecule has 2 nitrogen and oxygen atoms in total. The molecule has 0 atom stereocenters. The van der Waals surface area contributed by atoms with Gasteiger partial charge in [0.05, 0.1) is 4.75 Å². The van der Waals surface area contributed by atoms with E-state index in [-0.39, 0.29) is 4.75 Å². The predicted molar refractivity (Wildman–Crippen MR) is 58.0 cm³/mol. The van der Waals surface area contributed by atoms with Gasteiger partial charge >= 0.3 is 0 Å². The Morgan fingerprint density at radius 3 is 2.21 bits per heavy atom. The van der Waals surface area contributed by atoms with Crippen molar-refractivity contribution in [2.45, 2.75) is 32.4 Å². The van der Waals surface area contributed by atoms with Gasteiger partial charge in [0.2, 0.25) is 5.95 Å². The lowest BCUT2D eigenvalue weighted by Crippen LogP contribution is -2.18. The average molecular weight is 214 g/mol. The zero-order chi connectivity index (χ0) is 10.9. The summed E-state index contributed by atoms with van der Waals surface area (Å²) in [5.41, 5.74) is 1.25. The molecule has 1 rings (SSSR count). The standard InChI is InChI=1S/C10H15FN2S/c1-6-7(2)12-9(13-8(6)11)10(3,4)14-5/h1-5H3. The Bertz CT molecular complexity index is 327. The number of thioether (sulfide) groups is 1. The van der Waals surface area contributed by atoms with E-state index in [4.69, 9.17) is 0 Å². The van der Waals surface area contributed by atoms with Crippen LogP contribution in [0.2, 0.25) is 0 Å². The van der Waals surface area contributed by atoms with Gasteiger partial charge in [0.15, 0.2) is 0 Å². The van der Waals surface area contributed by atoms with Crippen molar-refractivity contribution in [3.8, 4) is 0 Å². The molecule has 1 heterocycles. The number of aromatic nitrogens is 2. The van der Waals surface area contributed by atoms with E-state index >= 15 is 0 Å². The topological polar surface area (TPSA) is 25.8 Å². The minimum absolute atomic E-state index is 0.237. The summed E-state index contributed by atoms with van der Waals surface area (Å²) >= 11 is 1.61. The molecule has 0 saturated heterocycles. The van der Waals surface area contributed by atoms with E-state index in [1.54, 1.807) is 25.6 Å². The fourth-order valence-electron chi connectivity index (χ4n) is 0.954. The molecule has 0 saturated carbocycles. The molecule has 0 spiro atoms. The van der Waals surface area contributed by atoms with Gasteiger partial charge in [0, 0.05) is 11.3 Å². The number of hydrogen-bond donors (Lipinski definition) is 0. The van der Waals surface area contributed by atoms with Gasteiger partial charge in [-0.2, -0.15) is 16.2 Å². The molecule has 0 bridgehead atoms. The van der Waals surface area contributed by atoms with Crippen molar-refractivity contribution in [2.75, 3.05) is 6.26 Å². The summed E-state index contributed by atoms with van der Waals surface area (Å²) in [6.07, 6.45) is 1.97. The highest BCUT2D eigenvalue weighted by molar-refractivity contribution is 7.99. The first-order valence-corrected chi connectivity index (χ1v) is 5.67. The summed E-state index contributed by atoms with van der Waals surface area (Å²) < 4.78 is 13.1. The Labute approximate surface area is 88.3 Å². The molecule has 0 aromatic carbocycles. The van der Waals surface area contributed by atoms with Gasteiger partial charge in [-0.1, -0.05) is 0 Å². The average Bonchev–Trinajstić information content (AvgIpc) is 2.13. The number of nitrogens with zero attached hydrogens (tertiary/aromatic N) is 2. The molecule has 0 N–H and O–H groups in total. The molecule has 1 aromatic rings. The van der Waals surface area contributed by atoms with Crippen molar-refractivity contribution in [3.05, 3.63) is 23.0 Å². The molecule has 14 heavy (non-hydrogen) atoms. The third-order valence-corrected chi connectivity index (χ3v) is 3.58. The lowest BCUT2D eigenvalue weighted by atomic mass is 10.1. The third kappa shape index (κ3) is 2.05. The van der Waals surface area contributed by atoms with Crippen LogP contribution in [-0.2, 0) is 4.75 Å². The summed E-state index contributed by atoms with van der Waals surface area (Å²) in [7, 11) is 0. The first kappa shape index (κ1) is 11.4. The van der Waals surface area contributed by atoms with Gasteiger partial charge in [-0.15, -0.1) is 0 Å². The molecule has 0 aliphatic carbocycles. The van der Waals surface area contributed by atoms with E-state index in [1.165, 1.54) is 0 Å². The summed E-state index contributed by atoms with van der Waals surface area (Å²) in [5.74, 6) is 0.153. The second-order valence-corrected chi connectivity index (χ2v) is 5.19. The zero-order valence-electron chi connectivity index (χ0n) is 9.18. The van der Waals surface area contributed by atoms with Gasteiger partial charge in [0.1, 0.15) is 5.82 Å². The van der Waals surface area contributed by atoms with Crippen molar-refractivity contribution in [2.24, 2.45) is 0 Å². The van der Waals surface area contributed by atoms with Crippen LogP contribution >= 0.6 is 11.8 Å². The highest BCUT2D eigenvalue weighted by Crippen LogP contribution is 2.31. The van der Waals surface area contributed by atoms with Gasteiger partial charge in [-0.05, 0) is 34.0 Å². The third-order valence-electron chi connectivity index (χ3n) is 2.38. The van der Waals surface area contributed by atoms with Gasteiger partial charge in [-0.3, -0.25) is 0 Å². The minimum Gasteiger partial charge on any atom is -0.236 e. The van der Waals surface area contributed by atoms with E-state index in [0.29, 0.717) is 11.4 Å². The van der Waals surface area contributed by atoms with Gasteiger partial charge in [0.25, 0.3) is 0 Å². The van der Waals surface area contributed by atoms with Crippen molar-refractivity contribution < 1.29 is 4.39 Å². The number of hydrogen-bond acceptors (Lipinski definition) is 3. The number of aryl methyl sites for hydroxylation is 1. The molecule has 1 aromatic heterocycles. The van der Waals surface area contributed by atoms with Crippen molar-refractivity contribution in [1.29, 1.82) is 0 Å². The van der Waals surface area contributed by atoms with Gasteiger partial charge in [-0.25, -0.2) is 9.97 Å². The quantitative estimate of drug-likeness (QED) is 0.708. The summed E-state index contributed by atoms with van der Waals surface area (Å²) in [4.78, 5) is 8.18. The molecule has 0 unspecified atom stereocenters. The van der Waals surface area contributed by atoms with E-state index in [9.17, 15) is 4.39 Å². The Balaban J connectivity index is 3.26. The smallest absolute Gasteiger partial charge is 0.219 e. The maximum absolute atomic E-state index is 13.3. The largest absolute Gasteiger partial charge is 0.236 e. The van der Waals surface area contributed by atoms with E-state index < -0.39 is 5.95 Å². The highest BCUT2D eigenvalue weighted by Gasteiger charge is 2.24. The Hall–Kier alpha value is -0.640. The lowest BCUT2D eigenvalue weighted by Gasteiger charge is -2.20. The van der Waals surface area contributed by atoms with Crippen molar-refractivity contribution >= 4 is 11.8 Å². The van der Waals surface area contributed by atoms with E-state index in [0.717, 1.165) is 5.69 Å². The van der Waals surface area contributed by atoms with Crippen molar-refractivity contribution in [3.63, 3.8) is 0 Å². The van der Waals surface area contributed by atoms with Crippen molar-refractivity contribution in [1.82, 2.24) is 9.97 Å². The maximum Gasteiger partial charge on any atom is 0.219 e. The molecule has 4 heteroatoms. The van der Waals surface area contributed by atoms with Crippen LogP contribution in [-0.4, -0.2) is 16.2 Å². The SMILES string of the molecule is CSC(C)(C)c1nc(C)c(C)c(F)n1. The normalized spacial score (nSPS) is 11.9. The number of halogens is 1. The molecule has 0 fully saturated rings. The zero-order valence-corrected chi connectivity index (χ0v) is 10.00. The Morgan fingerprint density at radius 1 is 1.21 bits per heavy atom. The molecule has 0 aliphatic heterocycles. The highest BCUT2D eigenvalue weighted by atomic mass is 32.2. The first-order valence-electron chi connectivity index (χ1n) is 4.45. The molecule has 0 amide bonds. The number of rotatable bonds is 2. The Kier molecular flexibility index (Phi) is 3.14.